The predicted octanol–water partition coefficient (Wildman–Crippen LogP) is 2.31. The standard InChI is InChI=1S/C19H18N4O2S/c1-14(26-17-8-4-5-9-21-17)19(25)22-10-11-23(18(24)13-22)16-7-3-2-6-15(16)12-20/h2-9,14H,10-11,13H2,1H3. The molecule has 0 N–H and O–H groups in total. The van der Waals surface area contributed by atoms with Crippen molar-refractivity contribution in [3.8, 4) is 6.07 Å². The zero-order valence-electron chi connectivity index (χ0n) is 14.3. The van der Waals surface area contributed by atoms with E-state index in [4.69, 9.17) is 0 Å². The van der Waals surface area contributed by atoms with Crippen LogP contribution in [0.15, 0.2) is 53.7 Å². The summed E-state index contributed by atoms with van der Waals surface area (Å²) in [4.78, 5) is 32.6. The molecule has 132 valence electrons. The van der Waals surface area contributed by atoms with Gasteiger partial charge in [-0.05, 0) is 31.2 Å². The number of carbonyl (C=O) groups is 2. The molecule has 1 unspecified atom stereocenters. The van der Waals surface area contributed by atoms with Crippen molar-refractivity contribution >= 4 is 29.3 Å². The Labute approximate surface area is 156 Å². The number of hydrogen-bond donors (Lipinski definition) is 0. The van der Waals surface area contributed by atoms with E-state index in [0.29, 0.717) is 24.3 Å². The molecule has 0 spiro atoms. The number of amides is 2. The summed E-state index contributed by atoms with van der Waals surface area (Å²) in [6.45, 7) is 2.66. The maximum atomic E-state index is 12.7. The molecule has 0 bridgehead atoms. The zero-order chi connectivity index (χ0) is 18.5. The van der Waals surface area contributed by atoms with Gasteiger partial charge >= 0.3 is 0 Å². The lowest BCUT2D eigenvalue weighted by Crippen LogP contribution is -2.54. The van der Waals surface area contributed by atoms with Crippen LogP contribution in [0.4, 0.5) is 5.69 Å². The summed E-state index contributed by atoms with van der Waals surface area (Å²) in [5.74, 6) is -0.260. The summed E-state index contributed by atoms with van der Waals surface area (Å²) in [5.41, 5.74) is 1.06. The number of hydrogen-bond acceptors (Lipinski definition) is 5. The first-order valence-electron chi connectivity index (χ1n) is 8.26. The van der Waals surface area contributed by atoms with Crippen molar-refractivity contribution in [1.29, 1.82) is 5.26 Å². The summed E-state index contributed by atoms with van der Waals surface area (Å²) in [6, 6.07) is 14.7. The van der Waals surface area contributed by atoms with Gasteiger partial charge in [0.05, 0.1) is 21.5 Å². The minimum atomic E-state index is -0.323. The van der Waals surface area contributed by atoms with E-state index in [-0.39, 0.29) is 23.6 Å². The van der Waals surface area contributed by atoms with Gasteiger partial charge in [0.1, 0.15) is 12.6 Å². The Morgan fingerprint density at radius 2 is 2.00 bits per heavy atom. The molecule has 1 fully saturated rings. The average Bonchev–Trinajstić information content (AvgIpc) is 2.68. The molecule has 1 aliphatic rings. The lowest BCUT2D eigenvalue weighted by molar-refractivity contribution is -0.136. The molecule has 0 radical (unpaired) electrons. The van der Waals surface area contributed by atoms with Crippen LogP contribution in [0, 0.1) is 11.3 Å². The number of rotatable bonds is 4. The van der Waals surface area contributed by atoms with Crippen LogP contribution in [-0.2, 0) is 9.59 Å². The van der Waals surface area contributed by atoms with Crippen molar-refractivity contribution in [2.45, 2.75) is 17.2 Å². The first-order chi connectivity index (χ1) is 12.6. The van der Waals surface area contributed by atoms with Crippen LogP contribution in [0.25, 0.3) is 0 Å². The third-order valence-corrected chi connectivity index (χ3v) is 5.17. The van der Waals surface area contributed by atoms with Gasteiger partial charge in [-0.25, -0.2) is 4.98 Å². The van der Waals surface area contributed by atoms with Gasteiger partial charge in [0.15, 0.2) is 0 Å². The Hall–Kier alpha value is -2.85. The van der Waals surface area contributed by atoms with E-state index < -0.39 is 0 Å². The number of piperazine rings is 1. The van der Waals surface area contributed by atoms with Gasteiger partial charge in [0, 0.05) is 19.3 Å². The molecule has 1 aromatic carbocycles. The second-order valence-electron chi connectivity index (χ2n) is 5.86. The van der Waals surface area contributed by atoms with Crippen molar-refractivity contribution in [2.24, 2.45) is 0 Å². The maximum Gasteiger partial charge on any atom is 0.246 e. The number of benzene rings is 1. The number of carbonyl (C=O) groups excluding carboxylic acids is 2. The molecule has 6 nitrogen and oxygen atoms in total. The van der Waals surface area contributed by atoms with Crippen molar-refractivity contribution in [1.82, 2.24) is 9.88 Å². The second-order valence-corrected chi connectivity index (χ2v) is 7.22. The van der Waals surface area contributed by atoms with E-state index in [9.17, 15) is 14.9 Å². The summed E-state index contributed by atoms with van der Waals surface area (Å²) < 4.78 is 0. The minimum absolute atomic E-state index is 0.0196. The van der Waals surface area contributed by atoms with Gasteiger partial charge in [0.25, 0.3) is 0 Å². The number of anilines is 1. The van der Waals surface area contributed by atoms with Crippen LogP contribution >= 0.6 is 11.8 Å². The highest BCUT2D eigenvalue weighted by atomic mass is 32.2. The van der Waals surface area contributed by atoms with E-state index in [1.807, 2.05) is 25.1 Å². The number of pyridine rings is 1. The van der Waals surface area contributed by atoms with Crippen LogP contribution in [0.3, 0.4) is 0 Å². The Balaban J connectivity index is 1.66. The Kier molecular flexibility index (Phi) is 5.54. The molecule has 2 heterocycles. The molecule has 1 aliphatic heterocycles. The monoisotopic (exact) mass is 366 g/mol. The second kappa shape index (κ2) is 8.02. The molecule has 1 saturated heterocycles. The van der Waals surface area contributed by atoms with E-state index >= 15 is 0 Å². The molecular formula is C19H18N4O2S. The van der Waals surface area contributed by atoms with Gasteiger partial charge < -0.3 is 9.80 Å². The SMILES string of the molecule is CC(Sc1ccccn1)C(=O)N1CCN(c2ccccc2C#N)C(=O)C1. The number of nitriles is 1. The lowest BCUT2D eigenvalue weighted by Gasteiger charge is -2.35. The van der Waals surface area contributed by atoms with Gasteiger partial charge in [-0.1, -0.05) is 30.0 Å². The van der Waals surface area contributed by atoms with Crippen molar-refractivity contribution in [2.75, 3.05) is 24.5 Å². The van der Waals surface area contributed by atoms with E-state index in [1.165, 1.54) is 11.8 Å². The maximum absolute atomic E-state index is 12.7. The lowest BCUT2D eigenvalue weighted by atomic mass is 10.1. The van der Waals surface area contributed by atoms with Crippen LogP contribution in [0.1, 0.15) is 12.5 Å². The number of aromatic nitrogens is 1. The van der Waals surface area contributed by atoms with Gasteiger partial charge in [-0.15, -0.1) is 0 Å². The average molecular weight is 366 g/mol. The predicted molar refractivity (Wildman–Crippen MR) is 99.6 cm³/mol. The molecule has 3 rings (SSSR count). The molecule has 0 saturated carbocycles. The van der Waals surface area contributed by atoms with E-state index in [2.05, 4.69) is 11.1 Å². The minimum Gasteiger partial charge on any atom is -0.331 e. The zero-order valence-corrected chi connectivity index (χ0v) is 15.1. The molecular weight excluding hydrogens is 348 g/mol. The van der Waals surface area contributed by atoms with Crippen LogP contribution in [0.5, 0.6) is 0 Å². The van der Waals surface area contributed by atoms with Crippen molar-refractivity contribution in [3.63, 3.8) is 0 Å². The molecule has 26 heavy (non-hydrogen) atoms. The van der Waals surface area contributed by atoms with Gasteiger partial charge in [-0.2, -0.15) is 5.26 Å². The van der Waals surface area contributed by atoms with Crippen LogP contribution in [0.2, 0.25) is 0 Å². The highest BCUT2D eigenvalue weighted by Crippen LogP contribution is 2.25. The first-order valence-corrected chi connectivity index (χ1v) is 9.14. The molecule has 1 atom stereocenters. The normalized spacial score (nSPS) is 15.5. The third kappa shape index (κ3) is 3.86. The fourth-order valence-electron chi connectivity index (χ4n) is 2.83. The highest BCUT2D eigenvalue weighted by Gasteiger charge is 2.31. The molecule has 2 amide bonds. The summed E-state index contributed by atoms with van der Waals surface area (Å²) in [6.07, 6.45) is 1.69. The van der Waals surface area contributed by atoms with Gasteiger partial charge in [-0.3, -0.25) is 9.59 Å². The molecule has 2 aromatic rings. The number of para-hydroxylation sites is 1. The Morgan fingerprint density at radius 1 is 1.23 bits per heavy atom. The number of nitrogens with zero attached hydrogens (tertiary/aromatic N) is 4. The van der Waals surface area contributed by atoms with Crippen molar-refractivity contribution in [3.05, 3.63) is 54.2 Å². The highest BCUT2D eigenvalue weighted by molar-refractivity contribution is 8.00. The van der Waals surface area contributed by atoms with Crippen LogP contribution in [-0.4, -0.2) is 46.6 Å². The smallest absolute Gasteiger partial charge is 0.246 e. The van der Waals surface area contributed by atoms with Crippen LogP contribution < -0.4 is 4.90 Å². The Bertz CT molecular complexity index is 850. The Morgan fingerprint density at radius 3 is 2.69 bits per heavy atom. The topological polar surface area (TPSA) is 77.3 Å². The quantitative estimate of drug-likeness (QED) is 0.776. The number of thioether (sulfide) groups is 1. The van der Waals surface area contributed by atoms with E-state index in [0.717, 1.165) is 5.03 Å². The first kappa shape index (κ1) is 18.0. The molecule has 1 aromatic heterocycles. The molecule has 0 aliphatic carbocycles. The largest absolute Gasteiger partial charge is 0.331 e. The molecule has 7 heteroatoms. The fourth-order valence-corrected chi connectivity index (χ4v) is 3.72. The van der Waals surface area contributed by atoms with Gasteiger partial charge in [0.2, 0.25) is 11.8 Å². The summed E-state index contributed by atoms with van der Waals surface area (Å²) in [7, 11) is 0. The fraction of sp³-hybridized carbons (Fsp3) is 0.263. The summed E-state index contributed by atoms with van der Waals surface area (Å²) >= 11 is 1.38. The summed E-state index contributed by atoms with van der Waals surface area (Å²) in [5, 5.41) is 9.68. The van der Waals surface area contributed by atoms with E-state index in [1.54, 1.807) is 40.3 Å². The third-order valence-electron chi connectivity index (χ3n) is 4.13. The van der Waals surface area contributed by atoms with Crippen molar-refractivity contribution < 1.29 is 9.59 Å².